The molecule has 0 spiro atoms. The third-order valence-electron chi connectivity index (χ3n) is 5.67. The molecule has 0 fully saturated rings. The average molecular weight is 361 g/mol. The zero-order valence-electron chi connectivity index (χ0n) is 15.9. The van der Waals surface area contributed by atoms with Crippen molar-refractivity contribution in [3.05, 3.63) is 102 Å². The minimum Gasteiger partial charge on any atom is -0.247 e. The van der Waals surface area contributed by atoms with Gasteiger partial charge in [-0.3, -0.25) is 0 Å². The SMILES string of the molecule is c1ccc(-c2nc(-c3ccccc3)c(-c3ccccc3)c3c2CCCC3)cc1. The second-order valence-electron chi connectivity index (χ2n) is 7.45. The molecule has 0 unspecified atom stereocenters. The molecule has 1 aliphatic carbocycles. The monoisotopic (exact) mass is 361 g/mol. The van der Waals surface area contributed by atoms with Crippen molar-refractivity contribution in [2.45, 2.75) is 25.7 Å². The molecule has 1 heteroatoms. The van der Waals surface area contributed by atoms with Gasteiger partial charge >= 0.3 is 0 Å². The van der Waals surface area contributed by atoms with E-state index < -0.39 is 0 Å². The number of hydrogen-bond acceptors (Lipinski definition) is 1. The fourth-order valence-corrected chi connectivity index (χ4v) is 4.38. The van der Waals surface area contributed by atoms with Crippen molar-refractivity contribution in [3.8, 4) is 33.6 Å². The van der Waals surface area contributed by atoms with Crippen molar-refractivity contribution in [1.82, 2.24) is 4.98 Å². The molecule has 1 aromatic heterocycles. The van der Waals surface area contributed by atoms with Crippen molar-refractivity contribution >= 4 is 0 Å². The summed E-state index contributed by atoms with van der Waals surface area (Å²) in [4.78, 5) is 5.30. The van der Waals surface area contributed by atoms with Gasteiger partial charge in [-0.15, -0.1) is 0 Å². The number of fused-ring (bicyclic) bond motifs is 1. The Morgan fingerprint density at radius 2 is 0.929 bits per heavy atom. The molecule has 1 heterocycles. The minimum absolute atomic E-state index is 1.10. The van der Waals surface area contributed by atoms with Gasteiger partial charge in [0, 0.05) is 16.7 Å². The largest absolute Gasteiger partial charge is 0.247 e. The van der Waals surface area contributed by atoms with E-state index in [0.29, 0.717) is 0 Å². The van der Waals surface area contributed by atoms with Crippen molar-refractivity contribution in [2.24, 2.45) is 0 Å². The maximum Gasteiger partial charge on any atom is 0.0790 e. The molecule has 0 saturated carbocycles. The summed E-state index contributed by atoms with van der Waals surface area (Å²) in [6.07, 6.45) is 4.73. The van der Waals surface area contributed by atoms with Crippen molar-refractivity contribution in [1.29, 1.82) is 0 Å². The number of pyridine rings is 1. The predicted octanol–water partition coefficient (Wildman–Crippen LogP) is 6.96. The zero-order valence-corrected chi connectivity index (χ0v) is 15.9. The summed E-state index contributed by atoms with van der Waals surface area (Å²) < 4.78 is 0. The van der Waals surface area contributed by atoms with Gasteiger partial charge in [-0.2, -0.15) is 0 Å². The molecule has 1 nitrogen and oxygen atoms in total. The second kappa shape index (κ2) is 7.44. The van der Waals surface area contributed by atoms with E-state index in [2.05, 4.69) is 91.0 Å². The van der Waals surface area contributed by atoms with Crippen LogP contribution in [0.5, 0.6) is 0 Å². The van der Waals surface area contributed by atoms with Gasteiger partial charge in [0.25, 0.3) is 0 Å². The van der Waals surface area contributed by atoms with Crippen LogP contribution in [-0.2, 0) is 12.8 Å². The van der Waals surface area contributed by atoms with Crippen molar-refractivity contribution in [3.63, 3.8) is 0 Å². The van der Waals surface area contributed by atoms with E-state index in [-0.39, 0.29) is 0 Å². The van der Waals surface area contributed by atoms with Gasteiger partial charge in [0.2, 0.25) is 0 Å². The molecule has 0 aliphatic heterocycles. The highest BCUT2D eigenvalue weighted by molar-refractivity contribution is 5.87. The lowest BCUT2D eigenvalue weighted by molar-refractivity contribution is 0.685. The summed E-state index contributed by atoms with van der Waals surface area (Å²) in [5.41, 5.74) is 10.2. The Hall–Kier alpha value is -3.19. The topological polar surface area (TPSA) is 12.9 Å². The maximum atomic E-state index is 5.30. The molecule has 0 atom stereocenters. The summed E-state index contributed by atoms with van der Waals surface area (Å²) in [5, 5.41) is 0. The van der Waals surface area contributed by atoms with Gasteiger partial charge < -0.3 is 0 Å². The molecule has 5 rings (SSSR count). The lowest BCUT2D eigenvalue weighted by Gasteiger charge is -2.25. The first kappa shape index (κ1) is 16.9. The molecule has 1 aliphatic rings. The quantitative estimate of drug-likeness (QED) is 0.384. The van der Waals surface area contributed by atoms with Gasteiger partial charge in [0.1, 0.15) is 0 Å². The van der Waals surface area contributed by atoms with Crippen LogP contribution in [0.2, 0.25) is 0 Å². The van der Waals surface area contributed by atoms with E-state index in [1.54, 1.807) is 0 Å². The third-order valence-corrected chi connectivity index (χ3v) is 5.67. The highest BCUT2D eigenvalue weighted by Crippen LogP contribution is 2.42. The highest BCUT2D eigenvalue weighted by Gasteiger charge is 2.24. The van der Waals surface area contributed by atoms with E-state index in [0.717, 1.165) is 24.2 Å². The van der Waals surface area contributed by atoms with E-state index in [1.807, 2.05) is 0 Å². The Balaban J connectivity index is 1.86. The Bertz CT molecular complexity index is 1080. The van der Waals surface area contributed by atoms with Crippen LogP contribution in [0, 0.1) is 0 Å². The van der Waals surface area contributed by atoms with Gasteiger partial charge in [-0.25, -0.2) is 4.98 Å². The number of rotatable bonds is 3. The summed E-state index contributed by atoms with van der Waals surface area (Å²) in [6, 6.07) is 32.1. The van der Waals surface area contributed by atoms with E-state index in [9.17, 15) is 0 Å². The predicted molar refractivity (Wildman–Crippen MR) is 117 cm³/mol. The first-order valence-electron chi connectivity index (χ1n) is 10.1. The van der Waals surface area contributed by atoms with Crippen LogP contribution in [0.25, 0.3) is 33.6 Å². The average Bonchev–Trinajstić information content (AvgIpc) is 2.80. The van der Waals surface area contributed by atoms with Gasteiger partial charge in [-0.1, -0.05) is 91.0 Å². The summed E-state index contributed by atoms with van der Waals surface area (Å²) in [6.45, 7) is 0. The fraction of sp³-hybridized carbons (Fsp3) is 0.148. The summed E-state index contributed by atoms with van der Waals surface area (Å²) >= 11 is 0. The molecule has 0 N–H and O–H groups in total. The molecule has 3 aromatic carbocycles. The van der Waals surface area contributed by atoms with Crippen LogP contribution in [0.1, 0.15) is 24.0 Å². The Morgan fingerprint density at radius 3 is 1.50 bits per heavy atom. The Kier molecular flexibility index (Phi) is 4.50. The molecule has 28 heavy (non-hydrogen) atoms. The molecule has 0 bridgehead atoms. The number of hydrogen-bond donors (Lipinski definition) is 0. The second-order valence-corrected chi connectivity index (χ2v) is 7.45. The van der Waals surface area contributed by atoms with Crippen LogP contribution < -0.4 is 0 Å². The first-order valence-corrected chi connectivity index (χ1v) is 10.1. The number of nitrogens with zero attached hydrogens (tertiary/aromatic N) is 1. The maximum absolute atomic E-state index is 5.30. The van der Waals surface area contributed by atoms with Crippen LogP contribution >= 0.6 is 0 Å². The van der Waals surface area contributed by atoms with Crippen LogP contribution in [0.15, 0.2) is 91.0 Å². The molecule has 0 radical (unpaired) electrons. The molecule has 0 saturated heterocycles. The van der Waals surface area contributed by atoms with Gasteiger partial charge in [0.15, 0.2) is 0 Å². The van der Waals surface area contributed by atoms with Crippen molar-refractivity contribution in [2.75, 3.05) is 0 Å². The molecular weight excluding hydrogens is 338 g/mol. The molecule has 4 aromatic rings. The Morgan fingerprint density at radius 1 is 0.464 bits per heavy atom. The lowest BCUT2D eigenvalue weighted by atomic mass is 9.82. The van der Waals surface area contributed by atoms with Crippen LogP contribution in [-0.4, -0.2) is 4.98 Å². The van der Waals surface area contributed by atoms with Crippen LogP contribution in [0.4, 0.5) is 0 Å². The van der Waals surface area contributed by atoms with Gasteiger partial charge in [0.05, 0.1) is 11.4 Å². The van der Waals surface area contributed by atoms with E-state index >= 15 is 0 Å². The minimum atomic E-state index is 1.10. The summed E-state index contributed by atoms with van der Waals surface area (Å²) in [7, 11) is 0. The van der Waals surface area contributed by atoms with E-state index in [1.165, 1.54) is 46.2 Å². The normalized spacial score (nSPS) is 13.1. The molecule has 136 valence electrons. The highest BCUT2D eigenvalue weighted by atomic mass is 14.7. The summed E-state index contributed by atoms with van der Waals surface area (Å²) in [5.74, 6) is 0. The Labute approximate surface area is 166 Å². The lowest BCUT2D eigenvalue weighted by Crippen LogP contribution is -2.10. The van der Waals surface area contributed by atoms with E-state index in [4.69, 9.17) is 4.98 Å². The third kappa shape index (κ3) is 3.03. The fourth-order valence-electron chi connectivity index (χ4n) is 4.38. The molecular formula is C27H23N. The molecule has 0 amide bonds. The standard InChI is InChI=1S/C27H23N/c1-4-12-20(13-5-1)25-23-18-10-11-19-24(23)26(21-14-6-2-7-15-21)28-27(25)22-16-8-3-9-17-22/h1-9,12-17H,10-11,18-19H2. The zero-order chi connectivity index (χ0) is 18.8. The van der Waals surface area contributed by atoms with Crippen molar-refractivity contribution < 1.29 is 0 Å². The van der Waals surface area contributed by atoms with Crippen LogP contribution in [0.3, 0.4) is 0 Å². The number of aromatic nitrogens is 1. The van der Waals surface area contributed by atoms with Gasteiger partial charge in [-0.05, 0) is 42.4 Å². The first-order chi connectivity index (χ1) is 13.9. The number of benzene rings is 3. The smallest absolute Gasteiger partial charge is 0.0790 e.